The van der Waals surface area contributed by atoms with Gasteiger partial charge in [-0.3, -0.25) is 4.79 Å². The number of ether oxygens (including phenoxy) is 2. The number of anilines is 2. The molecule has 1 aliphatic carbocycles. The lowest BCUT2D eigenvalue weighted by molar-refractivity contribution is 0.0313. The van der Waals surface area contributed by atoms with Crippen LogP contribution in [0.3, 0.4) is 0 Å². The summed E-state index contributed by atoms with van der Waals surface area (Å²) in [6.07, 6.45) is 9.03. The van der Waals surface area contributed by atoms with Crippen LogP contribution in [0.1, 0.15) is 67.1 Å². The number of rotatable bonds is 9. The van der Waals surface area contributed by atoms with Gasteiger partial charge in [0.25, 0.3) is 0 Å². The lowest BCUT2D eigenvalue weighted by Crippen LogP contribution is -2.46. The van der Waals surface area contributed by atoms with Crippen LogP contribution in [0.2, 0.25) is 0 Å². The fraction of sp³-hybridized carbons (Fsp3) is 0.559. The van der Waals surface area contributed by atoms with Crippen molar-refractivity contribution in [2.24, 2.45) is 5.41 Å². The van der Waals surface area contributed by atoms with E-state index in [-0.39, 0.29) is 11.2 Å². The van der Waals surface area contributed by atoms with Crippen molar-refractivity contribution in [3.8, 4) is 11.8 Å². The number of benzene rings is 2. The van der Waals surface area contributed by atoms with E-state index in [1.807, 2.05) is 36.2 Å². The summed E-state index contributed by atoms with van der Waals surface area (Å²) in [5, 5.41) is 24.5. The summed E-state index contributed by atoms with van der Waals surface area (Å²) in [6, 6.07) is 6.26. The van der Waals surface area contributed by atoms with Crippen LogP contribution in [0.4, 0.5) is 11.4 Å². The number of likely N-dealkylation sites (tertiary alicyclic amines) is 1. The summed E-state index contributed by atoms with van der Waals surface area (Å²) >= 11 is 2.26. The molecular formula is C34H42IN5O5. The number of aromatic nitrogens is 2. The smallest absolute Gasteiger partial charge is 0.316 e. The first-order valence-electron chi connectivity index (χ1n) is 16.1. The number of hydrogen-bond acceptors (Lipinski definition) is 10. The van der Waals surface area contributed by atoms with Gasteiger partial charge in [-0.1, -0.05) is 12.1 Å². The first kappa shape index (κ1) is 30.9. The maximum absolute atomic E-state index is 12.7. The maximum atomic E-state index is 12.7. The monoisotopic (exact) mass is 727 g/mol. The van der Waals surface area contributed by atoms with Gasteiger partial charge in [0.05, 0.1) is 47.5 Å². The number of fused-ring (bicyclic) bond motifs is 2. The Kier molecular flexibility index (Phi) is 8.32. The largest absolute Gasteiger partial charge is 0.504 e. The number of aliphatic hydroxyl groups is 1. The van der Waals surface area contributed by atoms with Crippen molar-refractivity contribution in [2.45, 2.75) is 70.2 Å². The highest BCUT2D eigenvalue weighted by Gasteiger charge is 2.45. The van der Waals surface area contributed by atoms with Gasteiger partial charge in [0.15, 0.2) is 12.0 Å². The quantitative estimate of drug-likeness (QED) is 0.234. The molecule has 3 aromatic rings. The Balaban J connectivity index is 1.13. The minimum absolute atomic E-state index is 0.0618. The second kappa shape index (κ2) is 12.1. The molecule has 2 saturated heterocycles. The van der Waals surface area contributed by atoms with Crippen LogP contribution in [0.5, 0.6) is 11.8 Å². The highest BCUT2D eigenvalue weighted by Crippen LogP contribution is 2.50. The third-order valence-electron chi connectivity index (χ3n) is 10.2. The number of aldehydes is 1. The first-order chi connectivity index (χ1) is 21.7. The van der Waals surface area contributed by atoms with Gasteiger partial charge < -0.3 is 34.4 Å². The molecular weight excluding hydrogens is 685 g/mol. The fourth-order valence-corrected chi connectivity index (χ4v) is 8.32. The predicted molar refractivity (Wildman–Crippen MR) is 181 cm³/mol. The van der Waals surface area contributed by atoms with Crippen molar-refractivity contribution < 1.29 is 24.5 Å². The van der Waals surface area contributed by atoms with Crippen molar-refractivity contribution in [3.63, 3.8) is 0 Å². The minimum Gasteiger partial charge on any atom is -0.504 e. The Hall–Kier alpha value is -2.74. The summed E-state index contributed by atoms with van der Waals surface area (Å²) in [5.41, 5.74) is 2.71. The highest BCUT2D eigenvalue weighted by atomic mass is 127. The third kappa shape index (κ3) is 6.08. The molecule has 4 heterocycles. The molecule has 2 aromatic carbocycles. The number of carbonyl (C=O) groups is 1. The molecule has 11 heteroatoms. The molecule has 240 valence electrons. The van der Waals surface area contributed by atoms with Crippen LogP contribution in [0.15, 0.2) is 24.4 Å². The van der Waals surface area contributed by atoms with Crippen LogP contribution >= 0.6 is 22.6 Å². The normalized spacial score (nSPS) is 23.4. The molecule has 0 amide bonds. The van der Waals surface area contributed by atoms with Gasteiger partial charge in [0, 0.05) is 77.9 Å². The number of β-amino-alcohol motifs (C(OH)–C–C–N with tert-alkyl or cyclic N) is 1. The Morgan fingerprint density at radius 2 is 1.91 bits per heavy atom. The van der Waals surface area contributed by atoms with Crippen LogP contribution in [-0.2, 0) is 17.8 Å². The molecule has 10 nitrogen and oxygen atoms in total. The van der Waals surface area contributed by atoms with Crippen molar-refractivity contribution in [1.29, 1.82) is 0 Å². The molecule has 2 N–H and O–H groups in total. The van der Waals surface area contributed by atoms with E-state index >= 15 is 0 Å². The molecule has 4 aliphatic rings. The van der Waals surface area contributed by atoms with Crippen LogP contribution in [-0.4, -0.2) is 89.5 Å². The van der Waals surface area contributed by atoms with Crippen LogP contribution < -0.4 is 14.5 Å². The zero-order valence-electron chi connectivity index (χ0n) is 26.1. The molecule has 1 saturated carbocycles. The Bertz CT molecular complexity index is 1600. The van der Waals surface area contributed by atoms with Crippen molar-refractivity contribution in [2.75, 3.05) is 56.2 Å². The number of nitrogens with zero attached hydrogens (tertiary/aromatic N) is 5. The average molecular weight is 728 g/mol. The van der Waals surface area contributed by atoms with Crippen LogP contribution in [0, 0.1) is 8.99 Å². The standard InChI is InChI=1S/C34H42IN5O5/c1-33(43)9-4-12-39(19-33)29-24-5-3-6-26(35)28(24)25(18-41)30(31(29)42)40-16-22-15-36-32(37-27(22)17-40)45-21-34(10-11-34)20-38-13-7-23(44-2)8-14-38/h3,5-6,15,18,23,42-43H,4,7-14,16-17,19-21H2,1-2H3. The summed E-state index contributed by atoms with van der Waals surface area (Å²) in [7, 11) is 1.80. The molecule has 3 fully saturated rings. The zero-order chi connectivity index (χ0) is 31.3. The van der Waals surface area contributed by atoms with Gasteiger partial charge in [0.2, 0.25) is 0 Å². The molecule has 45 heavy (non-hydrogen) atoms. The number of carbonyl (C=O) groups excluding carboxylic acids is 1. The Morgan fingerprint density at radius 3 is 2.62 bits per heavy atom. The van der Waals surface area contributed by atoms with Crippen molar-refractivity contribution in [3.05, 3.63) is 44.8 Å². The van der Waals surface area contributed by atoms with E-state index in [2.05, 4.69) is 37.4 Å². The molecule has 1 unspecified atom stereocenters. The average Bonchev–Trinajstić information content (AvgIpc) is 3.66. The topological polar surface area (TPSA) is 111 Å². The van der Waals surface area contributed by atoms with E-state index in [0.29, 0.717) is 68.3 Å². The molecule has 1 atom stereocenters. The van der Waals surface area contributed by atoms with E-state index < -0.39 is 5.60 Å². The number of phenolic OH excluding ortho intramolecular Hbond substituents is 1. The summed E-state index contributed by atoms with van der Waals surface area (Å²) in [6.45, 7) is 7.61. The molecule has 1 aromatic heterocycles. The fourth-order valence-electron chi connectivity index (χ4n) is 7.53. The highest BCUT2D eigenvalue weighted by molar-refractivity contribution is 14.1. The molecule has 0 bridgehead atoms. The maximum Gasteiger partial charge on any atom is 0.316 e. The molecule has 3 aliphatic heterocycles. The van der Waals surface area contributed by atoms with Gasteiger partial charge in [-0.05, 0) is 74.1 Å². The number of piperidine rings is 2. The van der Waals surface area contributed by atoms with E-state index in [9.17, 15) is 15.0 Å². The zero-order valence-corrected chi connectivity index (χ0v) is 28.3. The number of aromatic hydroxyl groups is 1. The third-order valence-corrected chi connectivity index (χ3v) is 11.1. The van der Waals surface area contributed by atoms with E-state index in [0.717, 1.165) is 83.6 Å². The number of halogens is 1. The van der Waals surface area contributed by atoms with E-state index in [1.165, 1.54) is 0 Å². The van der Waals surface area contributed by atoms with E-state index in [4.69, 9.17) is 14.5 Å². The molecule has 0 radical (unpaired) electrons. The summed E-state index contributed by atoms with van der Waals surface area (Å²) in [4.78, 5) is 28.7. The lowest BCUT2D eigenvalue weighted by atomic mass is 9.92. The van der Waals surface area contributed by atoms with Gasteiger partial charge >= 0.3 is 6.01 Å². The predicted octanol–water partition coefficient (Wildman–Crippen LogP) is 4.89. The van der Waals surface area contributed by atoms with Crippen molar-refractivity contribution >= 4 is 51.0 Å². The number of phenols is 1. The van der Waals surface area contributed by atoms with E-state index in [1.54, 1.807) is 7.11 Å². The van der Waals surface area contributed by atoms with Gasteiger partial charge in [-0.15, -0.1) is 0 Å². The number of hydrogen-bond donors (Lipinski definition) is 2. The van der Waals surface area contributed by atoms with Gasteiger partial charge in [-0.2, -0.15) is 4.98 Å². The Morgan fingerprint density at radius 1 is 1.11 bits per heavy atom. The second-order valence-corrected chi connectivity index (χ2v) is 14.9. The first-order valence-corrected chi connectivity index (χ1v) is 17.1. The minimum atomic E-state index is -0.863. The van der Waals surface area contributed by atoms with Gasteiger partial charge in [-0.25, -0.2) is 4.98 Å². The summed E-state index contributed by atoms with van der Waals surface area (Å²) in [5.74, 6) is 0.0618. The lowest BCUT2D eigenvalue weighted by Gasteiger charge is -2.39. The molecule has 0 spiro atoms. The molecule has 7 rings (SSSR count). The van der Waals surface area contributed by atoms with Gasteiger partial charge in [0.1, 0.15) is 0 Å². The summed E-state index contributed by atoms with van der Waals surface area (Å²) < 4.78 is 12.7. The number of methoxy groups -OCH3 is 1. The van der Waals surface area contributed by atoms with Crippen LogP contribution in [0.25, 0.3) is 10.8 Å². The Labute approximate surface area is 277 Å². The SMILES string of the molecule is COC1CCN(CC2(COc3ncc4c(n3)CN(c3c(O)c(N5CCCC(C)(O)C5)c5cccc(I)c5c3C=O)C4)CC2)CC1. The van der Waals surface area contributed by atoms with Crippen molar-refractivity contribution in [1.82, 2.24) is 14.9 Å². The second-order valence-electron chi connectivity index (χ2n) is 13.7.